The molecule has 6 heteroatoms. The molecule has 13 heavy (non-hydrogen) atoms. The smallest absolute Gasteiger partial charge is 0.386 e. The number of nitrogen functional groups attached to an aromatic ring is 1. The number of anilines is 1. The summed E-state index contributed by atoms with van der Waals surface area (Å²) in [7, 11) is 0. The molecule has 3 N–H and O–H groups in total. The minimum absolute atomic E-state index is 0.338. The van der Waals surface area contributed by atoms with Crippen LogP contribution in [0.4, 0.5) is 14.5 Å². The summed E-state index contributed by atoms with van der Waals surface area (Å²) in [5.41, 5.74) is 3.87. The number of carbonyl (C=O) groups is 1. The first-order chi connectivity index (χ1) is 5.96. The van der Waals surface area contributed by atoms with Crippen molar-refractivity contribution in [3.63, 3.8) is 0 Å². The molecule has 0 aromatic carbocycles. The third-order valence-electron chi connectivity index (χ3n) is 1.40. The maximum Gasteiger partial charge on any atom is 0.386 e. The summed E-state index contributed by atoms with van der Waals surface area (Å²) in [6, 6.07) is 2.51. The van der Waals surface area contributed by atoms with Gasteiger partial charge in [-0.05, 0) is 12.1 Å². The maximum atomic E-state index is 12.8. The van der Waals surface area contributed by atoms with Crippen LogP contribution >= 0.6 is 0 Å². The number of alkyl halides is 2. The highest BCUT2D eigenvalue weighted by atomic mass is 19.3. The van der Waals surface area contributed by atoms with Crippen molar-refractivity contribution in [1.82, 2.24) is 4.98 Å². The van der Waals surface area contributed by atoms with Crippen molar-refractivity contribution in [2.24, 2.45) is 0 Å². The minimum atomic E-state index is -4.04. The predicted octanol–water partition coefficient (Wildman–Crippen LogP) is 0.840. The summed E-state index contributed by atoms with van der Waals surface area (Å²) >= 11 is 0. The van der Waals surface area contributed by atoms with Gasteiger partial charge < -0.3 is 10.8 Å². The molecular weight excluding hydrogens is 182 g/mol. The zero-order chi connectivity index (χ0) is 10.1. The van der Waals surface area contributed by atoms with Crippen LogP contribution in [0.3, 0.4) is 0 Å². The van der Waals surface area contributed by atoms with Crippen LogP contribution in [0.5, 0.6) is 0 Å². The number of carboxylic acid groups (broad SMARTS) is 1. The van der Waals surface area contributed by atoms with Gasteiger partial charge in [0.25, 0.3) is 0 Å². The van der Waals surface area contributed by atoms with E-state index in [1.54, 1.807) is 0 Å². The second-order valence-electron chi connectivity index (χ2n) is 2.32. The molecule has 0 aliphatic carbocycles. The average Bonchev–Trinajstić information content (AvgIpc) is 2.04. The van der Waals surface area contributed by atoms with Crippen molar-refractivity contribution in [2.75, 3.05) is 5.73 Å². The molecule has 1 rings (SSSR count). The second-order valence-corrected chi connectivity index (χ2v) is 2.32. The molecule has 1 aromatic heterocycles. The van der Waals surface area contributed by atoms with Gasteiger partial charge in [-0.3, -0.25) is 4.98 Å². The molecule has 70 valence electrons. The van der Waals surface area contributed by atoms with Gasteiger partial charge in [-0.25, -0.2) is 4.79 Å². The normalized spacial score (nSPS) is 11.2. The van der Waals surface area contributed by atoms with Crippen LogP contribution in [-0.4, -0.2) is 16.1 Å². The number of nitrogens with zero attached hydrogens (tertiary/aromatic N) is 1. The van der Waals surface area contributed by atoms with Crippen molar-refractivity contribution >= 4 is 11.7 Å². The fourth-order valence-corrected chi connectivity index (χ4v) is 0.781. The minimum Gasteiger partial charge on any atom is -0.476 e. The highest BCUT2D eigenvalue weighted by Crippen LogP contribution is 2.29. The van der Waals surface area contributed by atoms with Gasteiger partial charge in [0.05, 0.1) is 5.69 Å². The lowest BCUT2D eigenvalue weighted by Gasteiger charge is -2.11. The third-order valence-corrected chi connectivity index (χ3v) is 1.40. The summed E-state index contributed by atoms with van der Waals surface area (Å²) in [6.45, 7) is 0. The monoisotopic (exact) mass is 188 g/mol. The van der Waals surface area contributed by atoms with E-state index in [1.807, 2.05) is 0 Å². The molecule has 1 aromatic rings. The van der Waals surface area contributed by atoms with Gasteiger partial charge in [0.15, 0.2) is 0 Å². The highest BCUT2D eigenvalue weighted by Gasteiger charge is 2.44. The Morgan fingerprint density at radius 2 is 2.23 bits per heavy atom. The molecule has 1 heterocycles. The van der Waals surface area contributed by atoms with Gasteiger partial charge >= 0.3 is 11.9 Å². The van der Waals surface area contributed by atoms with Gasteiger partial charge in [0, 0.05) is 6.20 Å². The Kier molecular flexibility index (Phi) is 2.14. The molecule has 0 spiro atoms. The van der Waals surface area contributed by atoms with E-state index in [-0.39, 0.29) is 5.69 Å². The number of rotatable bonds is 2. The standard InChI is InChI=1S/C7H6F2N2O2/c8-7(9,6(12)13)5-4(10)2-1-3-11-5/h1-3H,10H2,(H,12,13). The van der Waals surface area contributed by atoms with Crippen LogP contribution in [0.1, 0.15) is 5.69 Å². The van der Waals surface area contributed by atoms with Crippen LogP contribution in [0.2, 0.25) is 0 Å². The SMILES string of the molecule is Nc1cccnc1C(F)(F)C(=O)O. The Morgan fingerprint density at radius 3 is 2.69 bits per heavy atom. The van der Waals surface area contributed by atoms with Crippen molar-refractivity contribution in [2.45, 2.75) is 5.92 Å². The summed E-state index contributed by atoms with van der Waals surface area (Å²) in [6.07, 6.45) is 1.06. The van der Waals surface area contributed by atoms with Gasteiger partial charge in [-0.15, -0.1) is 0 Å². The van der Waals surface area contributed by atoms with Crippen LogP contribution in [0.15, 0.2) is 18.3 Å². The number of pyridine rings is 1. The lowest BCUT2D eigenvalue weighted by atomic mass is 10.2. The van der Waals surface area contributed by atoms with Gasteiger partial charge in [0.1, 0.15) is 5.69 Å². The van der Waals surface area contributed by atoms with E-state index in [4.69, 9.17) is 10.8 Å². The number of aliphatic carboxylic acids is 1. The Labute approximate surface area is 72.0 Å². The molecule has 0 saturated heterocycles. The molecule has 0 aliphatic heterocycles. The number of halogens is 2. The topological polar surface area (TPSA) is 76.2 Å². The van der Waals surface area contributed by atoms with Crippen LogP contribution in [0, 0.1) is 0 Å². The Balaban J connectivity index is 3.22. The van der Waals surface area contributed by atoms with Gasteiger partial charge in [0.2, 0.25) is 0 Å². The highest BCUT2D eigenvalue weighted by molar-refractivity contribution is 5.78. The lowest BCUT2D eigenvalue weighted by molar-refractivity contribution is -0.166. The van der Waals surface area contributed by atoms with Gasteiger partial charge in [-0.1, -0.05) is 0 Å². The number of aromatic nitrogens is 1. The average molecular weight is 188 g/mol. The summed E-state index contributed by atoms with van der Waals surface area (Å²) in [5.74, 6) is -6.30. The predicted molar refractivity (Wildman–Crippen MR) is 40.2 cm³/mol. The summed E-state index contributed by atoms with van der Waals surface area (Å²) in [4.78, 5) is 13.3. The molecular formula is C7H6F2N2O2. The van der Waals surface area contributed by atoms with E-state index in [1.165, 1.54) is 12.1 Å². The third kappa shape index (κ3) is 1.56. The first-order valence-electron chi connectivity index (χ1n) is 3.28. The zero-order valence-corrected chi connectivity index (χ0v) is 6.37. The quantitative estimate of drug-likeness (QED) is 0.720. The first kappa shape index (κ1) is 9.37. The Hall–Kier alpha value is -1.72. The van der Waals surface area contributed by atoms with Crippen molar-refractivity contribution in [1.29, 1.82) is 0 Å². The summed E-state index contributed by atoms with van der Waals surface area (Å²) in [5, 5.41) is 8.17. The second kappa shape index (κ2) is 2.96. The maximum absolute atomic E-state index is 12.8. The van der Waals surface area contributed by atoms with E-state index in [2.05, 4.69) is 4.98 Å². The fourth-order valence-electron chi connectivity index (χ4n) is 0.781. The summed E-state index contributed by atoms with van der Waals surface area (Å²) < 4.78 is 25.6. The fraction of sp³-hybridized carbons (Fsp3) is 0.143. The van der Waals surface area contributed by atoms with E-state index in [0.717, 1.165) is 6.20 Å². The molecule has 0 saturated carbocycles. The molecule has 0 aliphatic rings. The number of carboxylic acids is 1. The Bertz CT molecular complexity index is 341. The molecule has 0 atom stereocenters. The van der Waals surface area contributed by atoms with Crippen molar-refractivity contribution in [3.8, 4) is 0 Å². The number of nitrogens with two attached hydrogens (primary N) is 1. The first-order valence-corrected chi connectivity index (χ1v) is 3.28. The van der Waals surface area contributed by atoms with Gasteiger partial charge in [-0.2, -0.15) is 8.78 Å². The van der Waals surface area contributed by atoms with Crippen LogP contribution < -0.4 is 5.73 Å². The zero-order valence-electron chi connectivity index (χ0n) is 6.37. The molecule has 0 bridgehead atoms. The van der Waals surface area contributed by atoms with Crippen LogP contribution in [0.25, 0.3) is 0 Å². The van der Waals surface area contributed by atoms with E-state index >= 15 is 0 Å². The van der Waals surface area contributed by atoms with E-state index in [9.17, 15) is 13.6 Å². The lowest BCUT2D eigenvalue weighted by Crippen LogP contribution is -2.27. The molecule has 4 nitrogen and oxygen atoms in total. The van der Waals surface area contributed by atoms with E-state index < -0.39 is 17.6 Å². The number of hydrogen-bond acceptors (Lipinski definition) is 3. The van der Waals surface area contributed by atoms with Crippen molar-refractivity contribution in [3.05, 3.63) is 24.0 Å². The van der Waals surface area contributed by atoms with Crippen molar-refractivity contribution < 1.29 is 18.7 Å². The molecule has 0 radical (unpaired) electrons. The Morgan fingerprint density at radius 1 is 1.62 bits per heavy atom. The van der Waals surface area contributed by atoms with E-state index in [0.29, 0.717) is 0 Å². The molecule has 0 unspecified atom stereocenters. The molecule has 0 amide bonds. The number of hydrogen-bond donors (Lipinski definition) is 2. The largest absolute Gasteiger partial charge is 0.476 e. The molecule has 0 fully saturated rings. The van der Waals surface area contributed by atoms with Crippen LogP contribution in [-0.2, 0) is 10.7 Å².